The second kappa shape index (κ2) is 4.45. The van der Waals surface area contributed by atoms with Crippen LogP contribution in [0.1, 0.15) is 10.5 Å². The van der Waals surface area contributed by atoms with Gasteiger partial charge < -0.3 is 20.4 Å². The van der Waals surface area contributed by atoms with Crippen molar-refractivity contribution in [3.05, 3.63) is 36.4 Å². The standard InChI is InChI=1S/C12H10N4O3/c17-11-5-19-10-2-1-7(3-8(10)16-11)15-12(18)9-4-13-6-14-9/h1-4,6H,5H2,(H,13,14)(H,15,18)(H,16,17). The summed E-state index contributed by atoms with van der Waals surface area (Å²) in [4.78, 5) is 29.6. The van der Waals surface area contributed by atoms with Crippen molar-refractivity contribution in [2.75, 3.05) is 17.2 Å². The van der Waals surface area contributed by atoms with Gasteiger partial charge in [-0.15, -0.1) is 0 Å². The fourth-order valence-corrected chi connectivity index (χ4v) is 1.74. The van der Waals surface area contributed by atoms with Crippen molar-refractivity contribution in [1.29, 1.82) is 0 Å². The molecule has 19 heavy (non-hydrogen) atoms. The van der Waals surface area contributed by atoms with Crippen LogP contribution in [0.15, 0.2) is 30.7 Å². The molecule has 0 spiro atoms. The largest absolute Gasteiger partial charge is 0.482 e. The number of aromatic amines is 1. The van der Waals surface area contributed by atoms with Crippen LogP contribution in [-0.2, 0) is 4.79 Å². The Morgan fingerprint density at radius 2 is 2.32 bits per heavy atom. The maximum Gasteiger partial charge on any atom is 0.275 e. The van der Waals surface area contributed by atoms with Crippen molar-refractivity contribution >= 4 is 23.2 Å². The highest BCUT2D eigenvalue weighted by atomic mass is 16.5. The normalized spacial score (nSPS) is 13.2. The Morgan fingerprint density at radius 1 is 1.42 bits per heavy atom. The van der Waals surface area contributed by atoms with Gasteiger partial charge in [0.15, 0.2) is 6.61 Å². The van der Waals surface area contributed by atoms with Gasteiger partial charge in [0, 0.05) is 11.9 Å². The molecule has 2 aromatic rings. The number of carbonyl (C=O) groups is 2. The Labute approximate surface area is 108 Å². The van der Waals surface area contributed by atoms with E-state index in [2.05, 4.69) is 20.6 Å². The van der Waals surface area contributed by atoms with Crippen LogP contribution >= 0.6 is 0 Å². The predicted molar refractivity (Wildman–Crippen MR) is 67.1 cm³/mol. The summed E-state index contributed by atoms with van der Waals surface area (Å²) >= 11 is 0. The van der Waals surface area contributed by atoms with Crippen molar-refractivity contribution in [3.8, 4) is 5.75 Å². The Morgan fingerprint density at radius 3 is 3.11 bits per heavy atom. The molecule has 1 aliphatic rings. The molecule has 1 aromatic heterocycles. The number of amides is 2. The highest BCUT2D eigenvalue weighted by molar-refractivity contribution is 6.03. The molecule has 7 nitrogen and oxygen atoms in total. The van der Waals surface area contributed by atoms with E-state index in [1.807, 2.05) is 0 Å². The molecule has 0 saturated heterocycles. The van der Waals surface area contributed by atoms with Crippen LogP contribution in [0.2, 0.25) is 0 Å². The highest BCUT2D eigenvalue weighted by Crippen LogP contribution is 2.30. The summed E-state index contributed by atoms with van der Waals surface area (Å²) in [6.45, 7) is 0.00593. The second-order valence-corrected chi connectivity index (χ2v) is 3.96. The highest BCUT2D eigenvalue weighted by Gasteiger charge is 2.16. The van der Waals surface area contributed by atoms with Gasteiger partial charge in [0.1, 0.15) is 11.4 Å². The molecule has 0 saturated carbocycles. The van der Waals surface area contributed by atoms with Crippen LogP contribution in [-0.4, -0.2) is 28.4 Å². The van der Waals surface area contributed by atoms with Crippen LogP contribution in [0.5, 0.6) is 5.75 Å². The third kappa shape index (κ3) is 2.25. The number of fused-ring (bicyclic) bond motifs is 1. The lowest BCUT2D eigenvalue weighted by Crippen LogP contribution is -2.25. The molecular formula is C12H10N4O3. The molecule has 96 valence electrons. The first-order chi connectivity index (χ1) is 9.22. The summed E-state index contributed by atoms with van der Waals surface area (Å²) in [5, 5.41) is 5.35. The van der Waals surface area contributed by atoms with Crippen molar-refractivity contribution in [1.82, 2.24) is 9.97 Å². The number of imidazole rings is 1. The summed E-state index contributed by atoms with van der Waals surface area (Å²) in [6.07, 6.45) is 2.93. The summed E-state index contributed by atoms with van der Waals surface area (Å²) in [5.74, 6) is 0.0323. The topological polar surface area (TPSA) is 96.1 Å². The SMILES string of the molecule is O=C1COc2ccc(NC(=O)c3c[nH]cn3)cc2N1. The smallest absolute Gasteiger partial charge is 0.275 e. The van der Waals surface area contributed by atoms with Crippen LogP contribution in [0.25, 0.3) is 0 Å². The maximum atomic E-state index is 11.8. The molecular weight excluding hydrogens is 248 g/mol. The fourth-order valence-electron chi connectivity index (χ4n) is 1.74. The summed E-state index contributed by atoms with van der Waals surface area (Å²) in [5.41, 5.74) is 1.38. The van der Waals surface area contributed by atoms with Crippen LogP contribution in [0, 0.1) is 0 Å². The van der Waals surface area contributed by atoms with Crippen molar-refractivity contribution in [3.63, 3.8) is 0 Å². The predicted octanol–water partition coefficient (Wildman–Crippen LogP) is 0.993. The van der Waals surface area contributed by atoms with Gasteiger partial charge in [-0.3, -0.25) is 9.59 Å². The summed E-state index contributed by atoms with van der Waals surface area (Å²) in [7, 11) is 0. The zero-order valence-electron chi connectivity index (χ0n) is 9.77. The van der Waals surface area contributed by atoms with Gasteiger partial charge in [0.2, 0.25) is 0 Å². The molecule has 2 amide bonds. The lowest BCUT2D eigenvalue weighted by molar-refractivity contribution is -0.118. The molecule has 0 bridgehead atoms. The average Bonchev–Trinajstić information content (AvgIpc) is 2.92. The molecule has 1 aromatic carbocycles. The van der Waals surface area contributed by atoms with Gasteiger partial charge in [-0.2, -0.15) is 0 Å². The lowest BCUT2D eigenvalue weighted by atomic mass is 10.2. The van der Waals surface area contributed by atoms with Crippen molar-refractivity contribution in [2.24, 2.45) is 0 Å². The van der Waals surface area contributed by atoms with E-state index in [1.165, 1.54) is 12.5 Å². The van der Waals surface area contributed by atoms with Crippen molar-refractivity contribution in [2.45, 2.75) is 0 Å². The molecule has 3 rings (SSSR count). The second-order valence-electron chi connectivity index (χ2n) is 3.96. The van der Waals surface area contributed by atoms with E-state index in [9.17, 15) is 9.59 Å². The Kier molecular flexibility index (Phi) is 2.64. The van der Waals surface area contributed by atoms with E-state index >= 15 is 0 Å². The van der Waals surface area contributed by atoms with Gasteiger partial charge in [0.05, 0.1) is 12.0 Å². The number of hydrogen-bond acceptors (Lipinski definition) is 4. The molecule has 0 fully saturated rings. The average molecular weight is 258 g/mol. The number of anilines is 2. The van der Waals surface area contributed by atoms with E-state index in [-0.39, 0.29) is 24.1 Å². The number of carbonyl (C=O) groups excluding carboxylic acids is 2. The Hall–Kier alpha value is -2.83. The number of aromatic nitrogens is 2. The van der Waals surface area contributed by atoms with E-state index in [0.29, 0.717) is 17.1 Å². The quantitative estimate of drug-likeness (QED) is 0.748. The molecule has 3 N–H and O–H groups in total. The van der Waals surface area contributed by atoms with E-state index in [0.717, 1.165) is 0 Å². The first kappa shape index (κ1) is 11.3. The van der Waals surface area contributed by atoms with Gasteiger partial charge in [-0.05, 0) is 18.2 Å². The zero-order valence-corrected chi connectivity index (χ0v) is 9.77. The van der Waals surface area contributed by atoms with E-state index in [4.69, 9.17) is 4.74 Å². The van der Waals surface area contributed by atoms with Crippen LogP contribution in [0.4, 0.5) is 11.4 Å². The Balaban J connectivity index is 1.81. The van der Waals surface area contributed by atoms with Crippen molar-refractivity contribution < 1.29 is 14.3 Å². The molecule has 0 aliphatic carbocycles. The zero-order chi connectivity index (χ0) is 13.2. The first-order valence-corrected chi connectivity index (χ1v) is 5.59. The minimum atomic E-state index is -0.329. The number of benzene rings is 1. The fraction of sp³-hybridized carbons (Fsp3) is 0.0833. The summed E-state index contributed by atoms with van der Waals surface area (Å²) < 4.78 is 5.23. The monoisotopic (exact) mass is 258 g/mol. The molecule has 2 heterocycles. The summed E-state index contributed by atoms with van der Waals surface area (Å²) in [6, 6.07) is 5.02. The minimum Gasteiger partial charge on any atom is -0.482 e. The number of ether oxygens (including phenoxy) is 1. The number of nitrogens with one attached hydrogen (secondary N) is 3. The third-order valence-electron chi connectivity index (χ3n) is 2.60. The maximum absolute atomic E-state index is 11.8. The number of rotatable bonds is 2. The molecule has 1 aliphatic heterocycles. The molecule has 0 radical (unpaired) electrons. The van der Waals surface area contributed by atoms with Gasteiger partial charge in [0.25, 0.3) is 11.8 Å². The first-order valence-electron chi connectivity index (χ1n) is 5.59. The molecule has 0 atom stereocenters. The van der Waals surface area contributed by atoms with E-state index < -0.39 is 0 Å². The van der Waals surface area contributed by atoms with Gasteiger partial charge >= 0.3 is 0 Å². The minimum absolute atomic E-state index is 0.00593. The van der Waals surface area contributed by atoms with E-state index in [1.54, 1.807) is 18.2 Å². The number of nitrogens with zero attached hydrogens (tertiary/aromatic N) is 1. The lowest BCUT2D eigenvalue weighted by Gasteiger charge is -2.18. The van der Waals surface area contributed by atoms with Gasteiger partial charge in [-0.25, -0.2) is 4.98 Å². The number of H-pyrrole nitrogens is 1. The van der Waals surface area contributed by atoms with Crippen LogP contribution < -0.4 is 15.4 Å². The third-order valence-corrected chi connectivity index (χ3v) is 2.60. The number of hydrogen-bond donors (Lipinski definition) is 3. The molecule has 0 unspecified atom stereocenters. The Bertz CT molecular complexity index is 636. The molecule has 7 heteroatoms. The van der Waals surface area contributed by atoms with Gasteiger partial charge in [-0.1, -0.05) is 0 Å². The van der Waals surface area contributed by atoms with Crippen LogP contribution in [0.3, 0.4) is 0 Å².